The zero-order valence-electron chi connectivity index (χ0n) is 23.4. The second-order valence-electron chi connectivity index (χ2n) is 13.6. The van der Waals surface area contributed by atoms with Gasteiger partial charge >= 0.3 is 35.6 Å². The Balaban J connectivity index is 0.00000129. The van der Waals surface area contributed by atoms with Crippen molar-refractivity contribution in [2.45, 2.75) is 148 Å². The van der Waals surface area contributed by atoms with Gasteiger partial charge in [0.25, 0.3) is 0 Å². The first kappa shape index (κ1) is 31.6. The van der Waals surface area contributed by atoms with Crippen LogP contribution in [0.3, 0.4) is 0 Å². The Hall–Kier alpha value is 1.43. The summed E-state index contributed by atoms with van der Waals surface area (Å²) in [6.07, 6.45) is 17.4. The molecule has 0 heterocycles. The Labute approximate surface area is 230 Å². The van der Waals surface area contributed by atoms with Crippen LogP contribution in [0.1, 0.15) is 119 Å². The first-order valence-electron chi connectivity index (χ1n) is 14.3. The Bertz CT molecular complexity index is 560. The second-order valence-corrected chi connectivity index (χ2v) is 20.3. The summed E-state index contributed by atoms with van der Waals surface area (Å²) in [5.74, 6) is 4.15. The molecule has 0 aromatic heterocycles. The molecule has 0 spiro atoms. The van der Waals surface area contributed by atoms with Crippen LogP contribution >= 0.6 is 18.6 Å². The van der Waals surface area contributed by atoms with Crippen molar-refractivity contribution in [3.05, 3.63) is 4.98 Å². The minimum absolute atomic E-state index is 0.00657. The second kappa shape index (κ2) is 14.5. The summed E-state index contributed by atoms with van der Waals surface area (Å²) in [6, 6.07) is 1.43. The molecule has 6 heteroatoms. The van der Waals surface area contributed by atoms with Crippen LogP contribution in [0.5, 0.6) is 0 Å². The van der Waals surface area contributed by atoms with Gasteiger partial charge in [0.05, 0.1) is 5.60 Å². The van der Waals surface area contributed by atoms with E-state index in [1.54, 1.807) is 0 Å². The molecule has 5 unspecified atom stereocenters. The average Bonchev–Trinajstić information content (AvgIpc) is 3.07. The van der Waals surface area contributed by atoms with Gasteiger partial charge in [0, 0.05) is 6.61 Å². The molecular weight excluding hydrogens is 513 g/mol. The van der Waals surface area contributed by atoms with Crippen LogP contribution in [0, 0.1) is 23.7 Å². The third-order valence-electron chi connectivity index (χ3n) is 8.64. The van der Waals surface area contributed by atoms with E-state index in [4.69, 9.17) is 28.3 Å². The first-order chi connectivity index (χ1) is 15.9. The van der Waals surface area contributed by atoms with Crippen LogP contribution in [-0.2, 0) is 21.8 Å². The summed E-state index contributed by atoms with van der Waals surface area (Å²) in [5, 5.41) is 0. The topological polar surface area (TPSA) is 23.3 Å². The van der Waals surface area contributed by atoms with Crippen molar-refractivity contribution in [2.75, 3.05) is 6.61 Å². The monoisotopic (exact) mass is 566 g/mol. The zero-order chi connectivity index (χ0) is 25.4. The molecule has 0 aliphatic heterocycles. The molecule has 0 aromatic rings. The number of halogens is 2. The summed E-state index contributed by atoms with van der Waals surface area (Å²) in [6.45, 7) is 17.2. The Morgan fingerprint density at radius 3 is 1.65 bits per heavy atom. The molecule has 0 amide bonds. The molecule has 2 nitrogen and oxygen atoms in total. The summed E-state index contributed by atoms with van der Waals surface area (Å²) in [4.78, 5) is 5.79. The van der Waals surface area contributed by atoms with E-state index in [1.807, 2.05) is 0 Å². The summed E-state index contributed by atoms with van der Waals surface area (Å²) >= 11 is -0.556. The molecule has 0 radical (unpaired) electrons. The van der Waals surface area contributed by atoms with Gasteiger partial charge < -0.3 is 9.72 Å². The molecule has 3 saturated carbocycles. The van der Waals surface area contributed by atoms with Gasteiger partial charge in [-0.05, 0) is 63.7 Å². The van der Waals surface area contributed by atoms with Crippen molar-refractivity contribution in [1.82, 2.24) is 0 Å². The Kier molecular flexibility index (Phi) is 13.5. The van der Waals surface area contributed by atoms with Crippen LogP contribution < -0.4 is 0 Å². The van der Waals surface area contributed by atoms with E-state index in [9.17, 15) is 0 Å². The molecule has 3 aliphatic carbocycles. The third-order valence-corrected chi connectivity index (χ3v) is 13.5. The fraction of sp³-hybridized carbons (Fsp3) is 1.00. The number of ether oxygens (including phenoxy) is 1. The first-order valence-corrected chi connectivity index (χ1v) is 21.3. The molecule has 3 aliphatic rings. The van der Waals surface area contributed by atoms with E-state index in [1.165, 1.54) is 83.1 Å². The van der Waals surface area contributed by atoms with Gasteiger partial charge in [0.15, 0.2) is 0 Å². The summed E-state index contributed by atoms with van der Waals surface area (Å²) in [7, 11) is 8.10. The minimum atomic E-state index is -1.67. The molecule has 3 rings (SSSR count). The van der Waals surface area contributed by atoms with Gasteiger partial charge in [-0.25, -0.2) is 0 Å². The van der Waals surface area contributed by atoms with Crippen molar-refractivity contribution in [3.8, 4) is 0 Å². The van der Waals surface area contributed by atoms with E-state index in [-0.39, 0.29) is 11.1 Å². The molecule has 0 saturated heterocycles. The maximum atomic E-state index is 5.93. The predicted molar refractivity (Wildman–Crippen MR) is 150 cm³/mol. The SMILES string of the molecule is CC(C)(C)[N-][Si](C)(CCCCCCOC(C)(C)C)C1C2CCCCC2C2CCCCC21.[Cl][Ti][Cl]. The van der Waals surface area contributed by atoms with Crippen LogP contribution in [0.4, 0.5) is 0 Å². The molecule has 3 fully saturated rings. The van der Waals surface area contributed by atoms with E-state index < -0.39 is 25.3 Å². The summed E-state index contributed by atoms with van der Waals surface area (Å²) in [5.41, 5.74) is 1.11. The molecule has 5 atom stereocenters. The van der Waals surface area contributed by atoms with Gasteiger partial charge in [0.2, 0.25) is 0 Å². The predicted octanol–water partition coefficient (Wildman–Crippen LogP) is 10.5. The zero-order valence-corrected chi connectivity index (χ0v) is 27.5. The van der Waals surface area contributed by atoms with Crippen molar-refractivity contribution < 1.29 is 21.8 Å². The fourth-order valence-corrected chi connectivity index (χ4v) is 13.7. The van der Waals surface area contributed by atoms with Gasteiger partial charge in [-0.3, -0.25) is 0 Å². The van der Waals surface area contributed by atoms with E-state index in [2.05, 4.69) is 48.1 Å². The molecule has 0 bridgehead atoms. The number of rotatable bonds is 9. The van der Waals surface area contributed by atoms with Crippen molar-refractivity contribution in [2.24, 2.45) is 23.7 Å². The Morgan fingerprint density at radius 1 is 0.765 bits per heavy atom. The fourth-order valence-electron chi connectivity index (χ4n) is 7.95. The number of fused-ring (bicyclic) bond motifs is 3. The van der Waals surface area contributed by atoms with Crippen molar-refractivity contribution >= 4 is 26.8 Å². The molecule has 0 aromatic carbocycles. The van der Waals surface area contributed by atoms with Crippen LogP contribution in [-0.4, -0.2) is 26.0 Å². The van der Waals surface area contributed by atoms with Gasteiger partial charge in [-0.2, -0.15) is 0 Å². The quantitative estimate of drug-likeness (QED) is 0.201. The van der Waals surface area contributed by atoms with Crippen LogP contribution in [0.2, 0.25) is 18.1 Å². The Morgan fingerprint density at radius 2 is 1.21 bits per heavy atom. The number of nitrogens with zero attached hydrogens (tertiary/aromatic N) is 1. The molecule has 34 heavy (non-hydrogen) atoms. The van der Waals surface area contributed by atoms with E-state index >= 15 is 0 Å². The van der Waals surface area contributed by atoms with Crippen molar-refractivity contribution in [1.29, 1.82) is 0 Å². The maximum absolute atomic E-state index is 5.93. The van der Waals surface area contributed by atoms with Gasteiger partial charge in [-0.1, -0.05) is 105 Å². The molecular formula is C28H54Cl2NOSiTi-. The normalized spacial score (nSPS) is 31.0. The number of hydrogen-bond donors (Lipinski definition) is 0. The van der Waals surface area contributed by atoms with E-state index in [0.717, 1.165) is 35.8 Å². The van der Waals surface area contributed by atoms with Crippen molar-refractivity contribution in [3.63, 3.8) is 0 Å². The summed E-state index contributed by atoms with van der Waals surface area (Å²) < 4.78 is 5.93. The average molecular weight is 568 g/mol. The molecule has 0 N–H and O–H groups in total. The number of unbranched alkanes of at least 4 members (excludes halogenated alkanes) is 3. The van der Waals surface area contributed by atoms with Crippen LogP contribution in [0.25, 0.3) is 4.98 Å². The van der Waals surface area contributed by atoms with Gasteiger partial charge in [0.1, 0.15) is 0 Å². The number of hydrogen-bond acceptors (Lipinski definition) is 1. The van der Waals surface area contributed by atoms with Gasteiger partial charge in [-0.15, -0.1) is 5.54 Å². The third kappa shape index (κ3) is 9.96. The van der Waals surface area contributed by atoms with E-state index in [0.29, 0.717) is 0 Å². The molecule has 200 valence electrons. The van der Waals surface area contributed by atoms with Crippen LogP contribution in [0.15, 0.2) is 0 Å². The standard InChI is InChI=1S/C28H54NOSi.2ClH.Ti/c1-27(2,3)29-31(7,21-15-9-8-14-20-30-28(4,5)6)26-24-18-12-10-16-22(24)23-17-11-13-19-25(23)26;;;/h22-26H,8-21H2,1-7H3;2*1H;/q-1;;;+2/p-2.